The van der Waals surface area contributed by atoms with Gasteiger partial charge in [0.15, 0.2) is 11.3 Å². The van der Waals surface area contributed by atoms with Crippen molar-refractivity contribution in [2.45, 2.75) is 37.6 Å². The van der Waals surface area contributed by atoms with Gasteiger partial charge in [-0.15, -0.1) is 0 Å². The molecule has 1 aliphatic heterocycles. The highest BCUT2D eigenvalue weighted by molar-refractivity contribution is 6.07. The molecule has 7 heteroatoms. The Morgan fingerprint density at radius 2 is 2.08 bits per heavy atom. The molecule has 1 amide bonds. The van der Waals surface area contributed by atoms with E-state index in [1.807, 2.05) is 10.7 Å². The predicted octanol–water partition coefficient (Wildman–Crippen LogP) is 3.58. The van der Waals surface area contributed by atoms with Crippen LogP contribution in [0, 0.1) is 6.57 Å². The van der Waals surface area contributed by atoms with Gasteiger partial charge in [0.1, 0.15) is 12.2 Å². The van der Waals surface area contributed by atoms with Crippen LogP contribution in [0.5, 0.6) is 0 Å². The van der Waals surface area contributed by atoms with Gasteiger partial charge in [0.2, 0.25) is 5.91 Å². The van der Waals surface area contributed by atoms with E-state index in [2.05, 4.69) is 25.2 Å². The van der Waals surface area contributed by atoms with E-state index >= 15 is 0 Å². The van der Waals surface area contributed by atoms with Gasteiger partial charge in [-0.25, -0.2) is 19.5 Å². The van der Waals surface area contributed by atoms with Crippen LogP contribution in [0.2, 0.25) is 0 Å². The number of hydrogen-bond donors (Lipinski definition) is 1. The highest BCUT2D eigenvalue weighted by Crippen LogP contribution is 2.40. The van der Waals surface area contributed by atoms with Crippen LogP contribution in [0.1, 0.15) is 48.9 Å². The molecular formula is C19H16N6O. The Balaban J connectivity index is 1.64. The normalized spacial score (nSPS) is 19.5. The zero-order chi connectivity index (χ0) is 17.7. The summed E-state index contributed by atoms with van der Waals surface area (Å²) in [5, 5.41) is 8.26. The smallest absolute Gasteiger partial charge is 0.238 e. The number of rotatable bonds is 2. The second kappa shape index (κ2) is 5.63. The molecule has 5 rings (SSSR count). The van der Waals surface area contributed by atoms with E-state index in [0.29, 0.717) is 23.1 Å². The van der Waals surface area contributed by atoms with E-state index in [4.69, 9.17) is 6.57 Å². The Hall–Kier alpha value is -3.27. The molecule has 1 aromatic carbocycles. The number of nitrogens with one attached hydrogen (secondary N) is 1. The number of benzene rings is 1. The van der Waals surface area contributed by atoms with Crippen molar-refractivity contribution < 1.29 is 4.79 Å². The van der Waals surface area contributed by atoms with Crippen molar-refractivity contribution in [2.24, 2.45) is 0 Å². The molecule has 26 heavy (non-hydrogen) atoms. The fourth-order valence-electron chi connectivity index (χ4n) is 4.12. The highest BCUT2D eigenvalue weighted by atomic mass is 16.2. The van der Waals surface area contributed by atoms with Crippen molar-refractivity contribution in [3.05, 3.63) is 53.4 Å². The summed E-state index contributed by atoms with van der Waals surface area (Å²) in [6.07, 6.45) is 7.95. The maximum Gasteiger partial charge on any atom is 0.238 e. The van der Waals surface area contributed by atoms with Crippen molar-refractivity contribution in [3.63, 3.8) is 0 Å². The minimum atomic E-state index is -0.503. The molecule has 2 aromatic heterocycles. The van der Waals surface area contributed by atoms with Crippen molar-refractivity contribution in [3.8, 4) is 0 Å². The van der Waals surface area contributed by atoms with E-state index in [0.717, 1.165) is 29.4 Å². The lowest BCUT2D eigenvalue weighted by Gasteiger charge is -2.12. The molecule has 1 fully saturated rings. The molecule has 0 bridgehead atoms. The third kappa shape index (κ3) is 2.12. The molecular weight excluding hydrogens is 328 g/mol. The average molecular weight is 344 g/mol. The maximum absolute atomic E-state index is 12.7. The molecule has 1 unspecified atom stereocenters. The summed E-state index contributed by atoms with van der Waals surface area (Å²) in [6, 6.07) is 5.65. The predicted molar refractivity (Wildman–Crippen MR) is 96.0 cm³/mol. The molecule has 128 valence electrons. The summed E-state index contributed by atoms with van der Waals surface area (Å²) in [5.41, 5.74) is 3.50. The molecule has 0 radical (unpaired) electrons. The van der Waals surface area contributed by atoms with Crippen LogP contribution in [0.15, 0.2) is 30.7 Å². The summed E-state index contributed by atoms with van der Waals surface area (Å²) in [5.74, 6) is -0.632. The van der Waals surface area contributed by atoms with Gasteiger partial charge in [0.25, 0.3) is 0 Å². The van der Waals surface area contributed by atoms with Gasteiger partial charge < -0.3 is 5.32 Å². The monoisotopic (exact) mass is 344 g/mol. The first-order chi connectivity index (χ1) is 12.8. The molecule has 0 saturated heterocycles. The first kappa shape index (κ1) is 15.0. The van der Waals surface area contributed by atoms with Crippen molar-refractivity contribution in [1.29, 1.82) is 0 Å². The van der Waals surface area contributed by atoms with Crippen molar-refractivity contribution in [2.75, 3.05) is 5.32 Å². The Morgan fingerprint density at radius 3 is 2.88 bits per heavy atom. The lowest BCUT2D eigenvalue weighted by Crippen LogP contribution is -2.15. The van der Waals surface area contributed by atoms with E-state index in [9.17, 15) is 4.79 Å². The van der Waals surface area contributed by atoms with Gasteiger partial charge >= 0.3 is 0 Å². The minimum absolute atomic E-state index is 0.129. The Bertz CT molecular complexity index is 1070. The van der Waals surface area contributed by atoms with Crippen LogP contribution in [0.3, 0.4) is 0 Å². The highest BCUT2D eigenvalue weighted by Gasteiger charge is 2.35. The maximum atomic E-state index is 12.7. The first-order valence-electron chi connectivity index (χ1n) is 8.76. The molecule has 2 aliphatic rings. The largest absolute Gasteiger partial charge is 0.326 e. The average Bonchev–Trinajstić information content (AvgIpc) is 3.38. The molecule has 3 heterocycles. The van der Waals surface area contributed by atoms with Crippen LogP contribution in [-0.2, 0) is 4.79 Å². The second-order valence-corrected chi connectivity index (χ2v) is 6.83. The van der Waals surface area contributed by atoms with Gasteiger partial charge in [-0.05, 0) is 24.5 Å². The molecule has 1 atom stereocenters. The van der Waals surface area contributed by atoms with E-state index < -0.39 is 5.92 Å². The Kier molecular flexibility index (Phi) is 3.25. The van der Waals surface area contributed by atoms with Gasteiger partial charge in [-0.1, -0.05) is 25.0 Å². The number of fused-ring (bicyclic) bond motifs is 2. The molecule has 3 aromatic rings. The fraction of sp³-hybridized carbons (Fsp3) is 0.316. The van der Waals surface area contributed by atoms with Crippen LogP contribution in [-0.4, -0.2) is 25.7 Å². The zero-order valence-electron chi connectivity index (χ0n) is 14.0. The number of carbonyl (C=O) groups excluding carboxylic acids is 1. The molecule has 1 aliphatic carbocycles. The number of nitrogens with zero attached hydrogens (tertiary/aromatic N) is 5. The number of hydrogen-bond acceptors (Lipinski definition) is 4. The minimum Gasteiger partial charge on any atom is -0.326 e. The summed E-state index contributed by atoms with van der Waals surface area (Å²) < 4.78 is 1.99. The van der Waals surface area contributed by atoms with Gasteiger partial charge in [0, 0.05) is 5.69 Å². The lowest BCUT2D eigenvalue weighted by atomic mass is 9.95. The van der Waals surface area contributed by atoms with Crippen LogP contribution in [0.25, 0.3) is 15.9 Å². The number of aromatic nitrogens is 4. The van der Waals surface area contributed by atoms with Crippen molar-refractivity contribution >= 4 is 28.3 Å². The SMILES string of the molecule is [C-]#[N+]c1ccc2c(c1)NC(=O)C2c1ncnc2c1cnn2C1CCCC1. The van der Waals surface area contributed by atoms with Crippen LogP contribution in [0.4, 0.5) is 11.4 Å². The van der Waals surface area contributed by atoms with Gasteiger partial charge in [-0.3, -0.25) is 4.79 Å². The number of carbonyl (C=O) groups is 1. The summed E-state index contributed by atoms with van der Waals surface area (Å²) in [7, 11) is 0. The molecule has 7 nitrogen and oxygen atoms in total. The van der Waals surface area contributed by atoms with Crippen LogP contribution < -0.4 is 5.32 Å². The first-order valence-corrected chi connectivity index (χ1v) is 8.76. The Labute approximate surface area is 149 Å². The van der Waals surface area contributed by atoms with Crippen LogP contribution >= 0.6 is 0 Å². The second-order valence-electron chi connectivity index (χ2n) is 6.83. The van der Waals surface area contributed by atoms with E-state index in [1.165, 1.54) is 19.2 Å². The quantitative estimate of drug-likeness (QED) is 0.721. The topological polar surface area (TPSA) is 77.1 Å². The fourth-order valence-corrected chi connectivity index (χ4v) is 4.12. The Morgan fingerprint density at radius 1 is 1.23 bits per heavy atom. The third-order valence-corrected chi connectivity index (χ3v) is 5.36. The molecule has 1 N–H and O–H groups in total. The number of anilines is 1. The van der Waals surface area contributed by atoms with E-state index in [1.54, 1.807) is 18.3 Å². The third-order valence-electron chi connectivity index (χ3n) is 5.36. The standard InChI is InChI=1S/C19H16N6O/c1-20-11-6-7-13-15(8-11)24-19(26)16(13)17-14-9-23-25(12-4-2-3-5-12)18(14)22-10-21-17/h6-10,12,16H,2-5H2,(H,24,26). The van der Waals surface area contributed by atoms with Gasteiger partial charge in [0.05, 0.1) is 29.9 Å². The lowest BCUT2D eigenvalue weighted by molar-refractivity contribution is -0.116. The summed E-state index contributed by atoms with van der Waals surface area (Å²) in [6.45, 7) is 7.14. The van der Waals surface area contributed by atoms with Crippen molar-refractivity contribution in [1.82, 2.24) is 19.7 Å². The number of amides is 1. The zero-order valence-corrected chi connectivity index (χ0v) is 14.0. The molecule has 1 saturated carbocycles. The summed E-state index contributed by atoms with van der Waals surface area (Å²) >= 11 is 0. The summed E-state index contributed by atoms with van der Waals surface area (Å²) in [4.78, 5) is 25.0. The molecule has 0 spiro atoms. The van der Waals surface area contributed by atoms with Gasteiger partial charge in [-0.2, -0.15) is 5.10 Å². The van der Waals surface area contributed by atoms with E-state index in [-0.39, 0.29) is 5.91 Å².